The van der Waals surface area contributed by atoms with Crippen molar-refractivity contribution in [1.29, 1.82) is 0 Å². The number of likely N-dealkylation sites (tertiary alicyclic amines) is 1. The molecule has 1 atom stereocenters. The molecule has 1 saturated heterocycles. The summed E-state index contributed by atoms with van der Waals surface area (Å²) < 4.78 is 0. The highest BCUT2D eigenvalue weighted by atomic mass is 35.5. The van der Waals surface area contributed by atoms with E-state index in [0.29, 0.717) is 16.8 Å². The minimum Gasteiger partial charge on any atom is -0.382 e. The predicted molar refractivity (Wildman–Crippen MR) is 122 cm³/mol. The van der Waals surface area contributed by atoms with Gasteiger partial charge >= 0.3 is 0 Å². The Labute approximate surface area is 181 Å². The van der Waals surface area contributed by atoms with Gasteiger partial charge in [-0.1, -0.05) is 29.4 Å². The Morgan fingerprint density at radius 3 is 2.86 bits per heavy atom. The smallest absolute Gasteiger partial charge is 0.143 e. The highest BCUT2D eigenvalue weighted by molar-refractivity contribution is 8.14. The van der Waals surface area contributed by atoms with E-state index in [2.05, 4.69) is 22.9 Å². The lowest BCUT2D eigenvalue weighted by molar-refractivity contribution is 0.244. The zero-order valence-electron chi connectivity index (χ0n) is 16.6. The van der Waals surface area contributed by atoms with Crippen molar-refractivity contribution in [2.75, 3.05) is 18.8 Å². The number of aromatic nitrogens is 1. The van der Waals surface area contributed by atoms with Gasteiger partial charge in [0.2, 0.25) is 0 Å². The fourth-order valence-electron chi connectivity index (χ4n) is 3.89. The van der Waals surface area contributed by atoms with Crippen molar-refractivity contribution in [3.63, 3.8) is 0 Å². The monoisotopic (exact) mass is 430 g/mol. The second-order valence-corrected chi connectivity index (χ2v) is 9.66. The number of nitrogens with two attached hydrogens (primary N) is 2. The maximum absolute atomic E-state index is 6.33. The minimum atomic E-state index is -0.0809. The topological polar surface area (TPSA) is 92.9 Å². The van der Waals surface area contributed by atoms with Crippen molar-refractivity contribution in [3.05, 3.63) is 41.3 Å². The molecule has 0 amide bonds. The van der Waals surface area contributed by atoms with Gasteiger partial charge in [0.15, 0.2) is 0 Å². The third kappa shape index (κ3) is 4.68. The summed E-state index contributed by atoms with van der Waals surface area (Å²) in [6.45, 7) is 4.00. The maximum Gasteiger partial charge on any atom is 0.143 e. The lowest BCUT2D eigenvalue weighted by Gasteiger charge is -2.39. The third-order valence-electron chi connectivity index (χ3n) is 5.79. The van der Waals surface area contributed by atoms with Crippen LogP contribution in [0.1, 0.15) is 39.0 Å². The highest BCUT2D eigenvalue weighted by Crippen LogP contribution is 2.36. The van der Waals surface area contributed by atoms with Gasteiger partial charge in [0, 0.05) is 47.7 Å². The largest absolute Gasteiger partial charge is 0.382 e. The van der Waals surface area contributed by atoms with Crippen LogP contribution in [-0.4, -0.2) is 39.4 Å². The van der Waals surface area contributed by atoms with Crippen LogP contribution in [0, 0.1) is 5.92 Å². The van der Waals surface area contributed by atoms with Crippen LogP contribution in [0.15, 0.2) is 51.2 Å². The van der Waals surface area contributed by atoms with Crippen LogP contribution in [-0.2, 0) is 0 Å². The van der Waals surface area contributed by atoms with E-state index in [-0.39, 0.29) is 5.54 Å². The molecule has 0 aliphatic carbocycles. The van der Waals surface area contributed by atoms with Gasteiger partial charge in [-0.25, -0.2) is 9.98 Å². The maximum atomic E-state index is 6.33. The number of halogens is 1. The van der Waals surface area contributed by atoms with Crippen molar-refractivity contribution in [1.82, 2.24) is 9.88 Å². The van der Waals surface area contributed by atoms with E-state index in [4.69, 9.17) is 33.1 Å². The molecular formula is C21H27ClN6S. The second-order valence-electron chi connectivity index (χ2n) is 8.17. The Hall–Kier alpha value is -1.83. The Morgan fingerprint density at radius 2 is 2.07 bits per heavy atom. The number of allylic oxidation sites excluding steroid dienone is 1. The molecule has 1 aromatic heterocycles. The van der Waals surface area contributed by atoms with Crippen LogP contribution >= 0.6 is 23.4 Å². The summed E-state index contributed by atoms with van der Waals surface area (Å²) in [6.07, 6.45) is 12.7. The minimum absolute atomic E-state index is 0.0809. The van der Waals surface area contributed by atoms with Gasteiger partial charge in [0.25, 0.3) is 0 Å². The number of fused-ring (bicyclic) bond motifs is 1. The van der Waals surface area contributed by atoms with Crippen LogP contribution in [0.2, 0.25) is 5.02 Å². The lowest BCUT2D eigenvalue weighted by Crippen LogP contribution is -2.50. The van der Waals surface area contributed by atoms with E-state index < -0.39 is 0 Å². The summed E-state index contributed by atoms with van der Waals surface area (Å²) in [4.78, 5) is 16.9. The Morgan fingerprint density at radius 1 is 1.28 bits per heavy atom. The summed E-state index contributed by atoms with van der Waals surface area (Å²) in [7, 11) is 0. The van der Waals surface area contributed by atoms with Crippen LogP contribution in [0.5, 0.6) is 0 Å². The standard InChI is InChI=1S/C21H27ClN6S/c1-21(24)7-11-28(12-8-21)20-15-13-27-17(5-4-14(15)3-2-9-26-20)29-16-6-10-25-19(23)18(16)22/h2,6,9-10,13-14H,3-5,7-8,11-12,24H2,1H3,(H2,23,25). The fourth-order valence-corrected chi connectivity index (χ4v) is 5.02. The Balaban J connectivity index is 1.57. The van der Waals surface area contributed by atoms with Crippen LogP contribution in [0.4, 0.5) is 5.82 Å². The van der Waals surface area contributed by atoms with Crippen molar-refractivity contribution >= 4 is 40.1 Å². The summed E-state index contributed by atoms with van der Waals surface area (Å²) in [6, 6.07) is 1.88. The van der Waals surface area contributed by atoms with Gasteiger partial charge in [-0.3, -0.25) is 4.99 Å². The van der Waals surface area contributed by atoms with E-state index in [1.807, 2.05) is 18.5 Å². The Bertz CT molecular complexity index is 894. The molecule has 8 heteroatoms. The first-order chi connectivity index (χ1) is 13.9. The molecule has 1 aromatic rings. The number of rotatable bonds is 1. The van der Waals surface area contributed by atoms with Crippen LogP contribution < -0.4 is 11.5 Å². The SMILES string of the molecule is CC1(N)CCN(C2=NC=CCC3CCC(Sc4ccnc(N)c4Cl)=NC=C23)CC1. The van der Waals surface area contributed by atoms with Gasteiger partial charge in [0.05, 0.1) is 10.1 Å². The number of anilines is 1. The van der Waals surface area contributed by atoms with Crippen molar-refractivity contribution in [2.24, 2.45) is 21.6 Å². The molecule has 0 bridgehead atoms. The molecule has 4 heterocycles. The number of hydrogen-bond donors (Lipinski definition) is 2. The van der Waals surface area contributed by atoms with Crippen molar-refractivity contribution < 1.29 is 0 Å². The average Bonchev–Trinajstić information content (AvgIpc) is 3.01. The number of thioether (sulfide) groups is 1. The van der Waals surface area contributed by atoms with Gasteiger partial charge in [-0.2, -0.15) is 0 Å². The first kappa shape index (κ1) is 20.4. The number of hydrogen-bond acceptors (Lipinski definition) is 7. The van der Waals surface area contributed by atoms with E-state index in [0.717, 1.165) is 61.0 Å². The first-order valence-corrected chi connectivity index (χ1v) is 11.2. The average molecular weight is 431 g/mol. The molecule has 0 aromatic carbocycles. The molecule has 154 valence electrons. The number of piperidine rings is 1. The van der Waals surface area contributed by atoms with E-state index in [9.17, 15) is 0 Å². The van der Waals surface area contributed by atoms with Gasteiger partial charge < -0.3 is 16.4 Å². The number of aliphatic imine (C=N–C) groups is 2. The zero-order valence-corrected chi connectivity index (χ0v) is 18.2. The molecule has 1 unspecified atom stereocenters. The number of pyridine rings is 1. The molecule has 6 nitrogen and oxygen atoms in total. The first-order valence-electron chi connectivity index (χ1n) is 10.0. The molecule has 0 saturated carbocycles. The summed E-state index contributed by atoms with van der Waals surface area (Å²) in [5.74, 6) is 1.82. The molecule has 0 radical (unpaired) electrons. The molecule has 3 aliphatic rings. The van der Waals surface area contributed by atoms with E-state index in [1.165, 1.54) is 5.57 Å². The van der Waals surface area contributed by atoms with Crippen LogP contribution in [0.25, 0.3) is 0 Å². The molecular weight excluding hydrogens is 404 g/mol. The molecule has 4 N–H and O–H groups in total. The van der Waals surface area contributed by atoms with E-state index in [1.54, 1.807) is 18.0 Å². The number of amidine groups is 1. The van der Waals surface area contributed by atoms with Crippen molar-refractivity contribution in [2.45, 2.75) is 49.5 Å². The van der Waals surface area contributed by atoms with Gasteiger partial charge in [0.1, 0.15) is 11.7 Å². The molecule has 0 spiro atoms. The number of nitrogen functional groups attached to an aromatic ring is 1. The van der Waals surface area contributed by atoms with Crippen molar-refractivity contribution in [3.8, 4) is 0 Å². The van der Waals surface area contributed by atoms with Gasteiger partial charge in [-0.05, 0) is 51.0 Å². The quantitative estimate of drug-likeness (QED) is 0.695. The zero-order chi connectivity index (χ0) is 20.4. The molecule has 29 heavy (non-hydrogen) atoms. The lowest BCUT2D eigenvalue weighted by atomic mass is 9.88. The highest BCUT2D eigenvalue weighted by Gasteiger charge is 2.31. The molecule has 4 rings (SSSR count). The summed E-state index contributed by atoms with van der Waals surface area (Å²) in [5.41, 5.74) is 13.3. The molecule has 1 fully saturated rings. The fraction of sp³-hybridized carbons (Fsp3) is 0.476. The van der Waals surface area contributed by atoms with Crippen LogP contribution in [0.3, 0.4) is 0 Å². The summed E-state index contributed by atoms with van der Waals surface area (Å²) >= 11 is 7.89. The normalized spacial score (nSPS) is 24.0. The summed E-state index contributed by atoms with van der Waals surface area (Å²) in [5, 5.41) is 1.53. The second kappa shape index (κ2) is 8.50. The predicted octanol–water partition coefficient (Wildman–Crippen LogP) is 4.23. The molecule has 3 aliphatic heterocycles. The van der Waals surface area contributed by atoms with Gasteiger partial charge in [-0.15, -0.1) is 0 Å². The van der Waals surface area contributed by atoms with E-state index >= 15 is 0 Å². The Kier molecular flexibility index (Phi) is 5.99. The number of nitrogens with zero attached hydrogens (tertiary/aromatic N) is 4. The third-order valence-corrected chi connectivity index (χ3v) is 7.40.